The summed E-state index contributed by atoms with van der Waals surface area (Å²) in [6.07, 6.45) is 1.40. The summed E-state index contributed by atoms with van der Waals surface area (Å²) in [5, 5.41) is 7.70. The van der Waals surface area contributed by atoms with Gasteiger partial charge in [0.15, 0.2) is 5.65 Å². The average molecular weight is 355 g/mol. The Balaban J connectivity index is 1.90. The SMILES string of the molecule is Cn1nc(Br)c2c(=O)n(CC(=O)N3CCNCC3)cnc21. The molecule has 1 aliphatic heterocycles. The van der Waals surface area contributed by atoms with Crippen molar-refractivity contribution in [3.8, 4) is 0 Å². The van der Waals surface area contributed by atoms with E-state index in [2.05, 4.69) is 31.3 Å². The Morgan fingerprint density at radius 3 is 2.86 bits per heavy atom. The van der Waals surface area contributed by atoms with Crippen LogP contribution in [-0.2, 0) is 18.4 Å². The number of hydrogen-bond donors (Lipinski definition) is 1. The molecule has 1 N–H and O–H groups in total. The second-order valence-electron chi connectivity index (χ2n) is 4.92. The summed E-state index contributed by atoms with van der Waals surface area (Å²) < 4.78 is 3.31. The Morgan fingerprint density at radius 2 is 2.14 bits per heavy atom. The van der Waals surface area contributed by atoms with Crippen LogP contribution in [0.2, 0.25) is 0 Å². The molecule has 0 saturated carbocycles. The van der Waals surface area contributed by atoms with Gasteiger partial charge in [-0.15, -0.1) is 0 Å². The van der Waals surface area contributed by atoms with Crippen LogP contribution in [0, 0.1) is 0 Å². The highest BCUT2D eigenvalue weighted by Crippen LogP contribution is 2.16. The number of aryl methyl sites for hydroxylation is 1. The fourth-order valence-electron chi connectivity index (χ4n) is 2.41. The molecule has 2 aromatic heterocycles. The Hall–Kier alpha value is -1.74. The van der Waals surface area contributed by atoms with Crippen molar-refractivity contribution in [1.82, 2.24) is 29.5 Å². The van der Waals surface area contributed by atoms with E-state index in [1.165, 1.54) is 15.6 Å². The van der Waals surface area contributed by atoms with E-state index in [4.69, 9.17) is 0 Å². The number of piperazine rings is 1. The highest BCUT2D eigenvalue weighted by molar-refractivity contribution is 9.10. The molecule has 0 bridgehead atoms. The Labute approximate surface area is 128 Å². The van der Waals surface area contributed by atoms with E-state index in [0.29, 0.717) is 28.7 Å². The predicted octanol–water partition coefficient (Wildman–Crippen LogP) is -0.676. The lowest BCUT2D eigenvalue weighted by atomic mass is 10.3. The van der Waals surface area contributed by atoms with Crippen molar-refractivity contribution in [3.05, 3.63) is 21.3 Å². The van der Waals surface area contributed by atoms with E-state index < -0.39 is 0 Å². The molecule has 0 radical (unpaired) electrons. The number of carbonyl (C=O) groups is 1. The maximum absolute atomic E-state index is 12.4. The van der Waals surface area contributed by atoms with Crippen molar-refractivity contribution in [3.63, 3.8) is 0 Å². The van der Waals surface area contributed by atoms with Crippen molar-refractivity contribution in [2.45, 2.75) is 6.54 Å². The third-order valence-electron chi connectivity index (χ3n) is 3.54. The van der Waals surface area contributed by atoms with Crippen LogP contribution in [0.15, 0.2) is 15.7 Å². The van der Waals surface area contributed by atoms with Gasteiger partial charge in [-0.2, -0.15) is 5.10 Å². The average Bonchev–Trinajstić information content (AvgIpc) is 2.78. The second kappa shape index (κ2) is 5.57. The fraction of sp³-hybridized carbons (Fsp3) is 0.500. The zero-order chi connectivity index (χ0) is 15.0. The molecule has 1 amide bonds. The molecule has 8 nitrogen and oxygen atoms in total. The lowest BCUT2D eigenvalue weighted by molar-refractivity contribution is -0.132. The van der Waals surface area contributed by atoms with E-state index in [0.717, 1.165) is 13.1 Å². The molecule has 0 unspecified atom stereocenters. The molecule has 3 rings (SSSR count). The number of carbonyl (C=O) groups excluding carboxylic acids is 1. The molecule has 1 fully saturated rings. The molecular weight excluding hydrogens is 340 g/mol. The molecule has 1 aliphatic rings. The van der Waals surface area contributed by atoms with Gasteiger partial charge >= 0.3 is 0 Å². The number of hydrogen-bond acceptors (Lipinski definition) is 5. The number of aromatic nitrogens is 4. The van der Waals surface area contributed by atoms with Crippen LogP contribution in [0.4, 0.5) is 0 Å². The van der Waals surface area contributed by atoms with Crippen LogP contribution >= 0.6 is 15.9 Å². The molecule has 0 aromatic carbocycles. The standard InChI is InChI=1S/C12H15BrN6O2/c1-17-11-9(10(13)16-17)12(21)19(7-15-11)6-8(20)18-4-2-14-3-5-18/h7,14H,2-6H2,1H3. The first kappa shape index (κ1) is 14.2. The maximum Gasteiger partial charge on any atom is 0.266 e. The lowest BCUT2D eigenvalue weighted by Gasteiger charge is -2.27. The minimum absolute atomic E-state index is 0.00308. The van der Waals surface area contributed by atoms with Gasteiger partial charge in [0.1, 0.15) is 22.9 Å². The Bertz CT molecular complexity index is 746. The van der Waals surface area contributed by atoms with Gasteiger partial charge in [-0.25, -0.2) is 9.67 Å². The van der Waals surface area contributed by atoms with Gasteiger partial charge in [-0.3, -0.25) is 14.2 Å². The van der Waals surface area contributed by atoms with Gasteiger partial charge in [0, 0.05) is 33.2 Å². The summed E-state index contributed by atoms with van der Waals surface area (Å²) in [6.45, 7) is 2.90. The van der Waals surface area contributed by atoms with E-state index in [9.17, 15) is 9.59 Å². The highest BCUT2D eigenvalue weighted by atomic mass is 79.9. The Kier molecular flexibility index (Phi) is 3.77. The van der Waals surface area contributed by atoms with Crippen LogP contribution in [0.3, 0.4) is 0 Å². The van der Waals surface area contributed by atoms with E-state index in [-0.39, 0.29) is 18.0 Å². The van der Waals surface area contributed by atoms with E-state index in [1.807, 2.05) is 0 Å². The minimum atomic E-state index is -0.261. The van der Waals surface area contributed by atoms with Crippen molar-refractivity contribution in [1.29, 1.82) is 0 Å². The van der Waals surface area contributed by atoms with Gasteiger partial charge in [0.25, 0.3) is 5.56 Å². The van der Waals surface area contributed by atoms with Gasteiger partial charge in [0.05, 0.1) is 0 Å². The third-order valence-corrected chi connectivity index (χ3v) is 4.10. The topological polar surface area (TPSA) is 85.0 Å². The lowest BCUT2D eigenvalue weighted by Crippen LogP contribution is -2.48. The summed E-state index contributed by atoms with van der Waals surface area (Å²) in [4.78, 5) is 30.6. The summed E-state index contributed by atoms with van der Waals surface area (Å²) in [7, 11) is 1.72. The van der Waals surface area contributed by atoms with Gasteiger partial charge in [-0.05, 0) is 15.9 Å². The molecule has 1 saturated heterocycles. The van der Waals surface area contributed by atoms with Crippen LogP contribution in [0.5, 0.6) is 0 Å². The van der Waals surface area contributed by atoms with Crippen LogP contribution in [-0.4, -0.2) is 56.3 Å². The molecule has 0 aliphatic carbocycles. The van der Waals surface area contributed by atoms with Crippen LogP contribution in [0.25, 0.3) is 11.0 Å². The number of halogens is 1. The third kappa shape index (κ3) is 2.58. The number of nitrogens with one attached hydrogen (secondary N) is 1. The smallest absolute Gasteiger partial charge is 0.266 e. The summed E-state index contributed by atoms with van der Waals surface area (Å²) >= 11 is 3.26. The monoisotopic (exact) mass is 354 g/mol. The molecule has 9 heteroatoms. The molecule has 112 valence electrons. The van der Waals surface area contributed by atoms with Crippen molar-refractivity contribution < 1.29 is 4.79 Å². The summed E-state index contributed by atoms with van der Waals surface area (Å²) in [6, 6.07) is 0. The van der Waals surface area contributed by atoms with Gasteiger partial charge < -0.3 is 10.2 Å². The van der Waals surface area contributed by atoms with Crippen molar-refractivity contribution in [2.24, 2.45) is 7.05 Å². The number of rotatable bonds is 2. The van der Waals surface area contributed by atoms with Crippen LogP contribution < -0.4 is 10.9 Å². The molecule has 21 heavy (non-hydrogen) atoms. The normalized spacial score (nSPS) is 15.6. The molecule has 3 heterocycles. The van der Waals surface area contributed by atoms with Crippen molar-refractivity contribution >= 4 is 32.9 Å². The fourth-order valence-corrected chi connectivity index (χ4v) is 2.99. The first-order valence-electron chi connectivity index (χ1n) is 6.64. The first-order valence-corrected chi connectivity index (χ1v) is 7.43. The molecule has 2 aromatic rings. The zero-order valence-corrected chi connectivity index (χ0v) is 13.1. The van der Waals surface area contributed by atoms with E-state index >= 15 is 0 Å². The van der Waals surface area contributed by atoms with E-state index in [1.54, 1.807) is 11.9 Å². The zero-order valence-electron chi connectivity index (χ0n) is 11.5. The van der Waals surface area contributed by atoms with Gasteiger partial charge in [0.2, 0.25) is 5.91 Å². The highest BCUT2D eigenvalue weighted by Gasteiger charge is 2.19. The quantitative estimate of drug-likeness (QED) is 0.772. The number of nitrogens with zero attached hydrogens (tertiary/aromatic N) is 5. The maximum atomic E-state index is 12.4. The van der Waals surface area contributed by atoms with Crippen LogP contribution in [0.1, 0.15) is 0 Å². The summed E-state index contributed by atoms with van der Waals surface area (Å²) in [5.41, 5.74) is 0.237. The van der Waals surface area contributed by atoms with Gasteiger partial charge in [-0.1, -0.05) is 0 Å². The molecular formula is C12H15BrN6O2. The predicted molar refractivity (Wildman–Crippen MR) is 79.9 cm³/mol. The summed E-state index contributed by atoms with van der Waals surface area (Å²) in [5.74, 6) is -0.0697. The first-order chi connectivity index (χ1) is 10.1. The largest absolute Gasteiger partial charge is 0.339 e. The second-order valence-corrected chi connectivity index (χ2v) is 5.67. The Morgan fingerprint density at radius 1 is 1.43 bits per heavy atom. The number of fused-ring (bicyclic) bond motifs is 1. The molecule has 0 atom stereocenters. The minimum Gasteiger partial charge on any atom is -0.339 e. The van der Waals surface area contributed by atoms with Crippen molar-refractivity contribution in [2.75, 3.05) is 26.2 Å². The molecule has 0 spiro atoms. The number of amides is 1.